The van der Waals surface area contributed by atoms with E-state index >= 15 is 0 Å². The molecule has 0 fully saturated rings. The maximum Gasteiger partial charge on any atom is 0.410 e. The van der Waals surface area contributed by atoms with Gasteiger partial charge in [0.2, 0.25) is 0 Å². The predicted molar refractivity (Wildman–Crippen MR) is 144 cm³/mol. The van der Waals surface area contributed by atoms with Crippen LogP contribution in [0, 0.1) is 0 Å². The van der Waals surface area contributed by atoms with Crippen molar-refractivity contribution in [2.75, 3.05) is 19.6 Å². The minimum Gasteiger partial charge on any atom is -0.444 e. The van der Waals surface area contributed by atoms with Crippen molar-refractivity contribution in [2.24, 2.45) is 0 Å². The molecule has 2 rings (SSSR count). The number of hydrogen-bond acceptors (Lipinski definition) is 5. The molecule has 0 unspecified atom stereocenters. The van der Waals surface area contributed by atoms with Gasteiger partial charge in [0.25, 0.3) is 5.91 Å². The highest BCUT2D eigenvalue weighted by Gasteiger charge is 2.22. The van der Waals surface area contributed by atoms with Crippen molar-refractivity contribution in [3.63, 3.8) is 0 Å². The number of ether oxygens (including phenoxy) is 2. The molecular weight excluding hydrogens is 470 g/mol. The zero-order valence-corrected chi connectivity index (χ0v) is 22.9. The summed E-state index contributed by atoms with van der Waals surface area (Å²) in [5, 5.41) is 5.62. The van der Waals surface area contributed by atoms with E-state index in [2.05, 4.69) is 10.6 Å². The number of amides is 3. The average molecular weight is 512 g/mol. The molecule has 202 valence electrons. The molecular formula is C29H41N3O5. The number of nitrogens with zero attached hydrogens (tertiary/aromatic N) is 1. The van der Waals surface area contributed by atoms with E-state index in [0.29, 0.717) is 31.7 Å². The van der Waals surface area contributed by atoms with Crippen LogP contribution < -0.4 is 10.6 Å². The molecule has 2 aromatic carbocycles. The third-order valence-corrected chi connectivity index (χ3v) is 5.11. The van der Waals surface area contributed by atoms with Crippen LogP contribution in [0.15, 0.2) is 54.6 Å². The van der Waals surface area contributed by atoms with Gasteiger partial charge in [-0.1, -0.05) is 42.5 Å². The summed E-state index contributed by atoms with van der Waals surface area (Å²) in [5.74, 6) is -0.175. The number of hydrogen-bond donors (Lipinski definition) is 2. The van der Waals surface area contributed by atoms with E-state index in [1.165, 1.54) is 0 Å². The average Bonchev–Trinajstić information content (AvgIpc) is 2.80. The minimum absolute atomic E-state index is 0.175. The van der Waals surface area contributed by atoms with Gasteiger partial charge >= 0.3 is 12.2 Å². The summed E-state index contributed by atoms with van der Waals surface area (Å²) in [7, 11) is 0. The van der Waals surface area contributed by atoms with E-state index in [1.54, 1.807) is 17.0 Å². The summed E-state index contributed by atoms with van der Waals surface area (Å²) in [6, 6.07) is 17.0. The first-order chi connectivity index (χ1) is 17.3. The Bertz CT molecular complexity index is 1010. The monoisotopic (exact) mass is 511 g/mol. The number of benzene rings is 2. The molecule has 0 spiro atoms. The first-order valence-electron chi connectivity index (χ1n) is 12.7. The number of nitrogens with one attached hydrogen (secondary N) is 2. The van der Waals surface area contributed by atoms with Crippen molar-refractivity contribution in [2.45, 2.75) is 72.1 Å². The van der Waals surface area contributed by atoms with Crippen LogP contribution in [0.5, 0.6) is 0 Å². The Morgan fingerprint density at radius 2 is 1.35 bits per heavy atom. The first-order valence-corrected chi connectivity index (χ1v) is 12.7. The van der Waals surface area contributed by atoms with Crippen LogP contribution in [0.2, 0.25) is 0 Å². The highest BCUT2D eigenvalue weighted by atomic mass is 16.6. The molecule has 0 saturated carbocycles. The molecule has 2 aromatic rings. The van der Waals surface area contributed by atoms with E-state index in [9.17, 15) is 14.4 Å². The molecule has 0 radical (unpaired) electrons. The van der Waals surface area contributed by atoms with Crippen LogP contribution >= 0.6 is 0 Å². The molecule has 37 heavy (non-hydrogen) atoms. The lowest BCUT2D eigenvalue weighted by atomic mass is 10.1. The predicted octanol–water partition coefficient (Wildman–Crippen LogP) is 5.31. The van der Waals surface area contributed by atoms with Gasteiger partial charge in [-0.15, -0.1) is 0 Å². The van der Waals surface area contributed by atoms with Crippen LogP contribution in [0.3, 0.4) is 0 Å². The van der Waals surface area contributed by atoms with E-state index in [-0.39, 0.29) is 5.91 Å². The molecule has 0 aliphatic rings. The summed E-state index contributed by atoms with van der Waals surface area (Å²) in [6.45, 7) is 12.5. The molecule has 0 aliphatic carbocycles. The second-order valence-corrected chi connectivity index (χ2v) is 10.9. The Labute approximate surface area is 220 Å². The maximum absolute atomic E-state index is 12.8. The molecule has 8 nitrogen and oxygen atoms in total. The quantitative estimate of drug-likeness (QED) is 0.451. The summed E-state index contributed by atoms with van der Waals surface area (Å²) in [6.07, 6.45) is 0.667. The highest BCUT2D eigenvalue weighted by molar-refractivity contribution is 5.94. The smallest absolute Gasteiger partial charge is 0.410 e. The Kier molecular flexibility index (Phi) is 11.0. The fourth-order valence-electron chi connectivity index (χ4n) is 3.40. The highest BCUT2D eigenvalue weighted by Crippen LogP contribution is 2.12. The molecule has 0 saturated heterocycles. The lowest BCUT2D eigenvalue weighted by Gasteiger charge is -2.27. The molecule has 0 heterocycles. The van der Waals surface area contributed by atoms with Gasteiger partial charge < -0.3 is 25.0 Å². The first kappa shape index (κ1) is 29.7. The van der Waals surface area contributed by atoms with E-state index in [4.69, 9.17) is 9.47 Å². The van der Waals surface area contributed by atoms with Gasteiger partial charge in [-0.3, -0.25) is 4.79 Å². The number of rotatable bonds is 10. The number of carbonyl (C=O) groups excluding carboxylic acids is 3. The fourth-order valence-corrected chi connectivity index (χ4v) is 3.40. The number of carbonyl (C=O) groups is 3. The number of alkyl carbamates (subject to hydrolysis) is 1. The SMILES string of the molecule is CC(C)(C)OC(=O)NCc1ccc(CCCN(CCNC(=O)c2ccccc2)C(=O)OC(C)(C)C)cc1. The Morgan fingerprint density at radius 1 is 0.757 bits per heavy atom. The maximum atomic E-state index is 12.8. The zero-order valence-electron chi connectivity index (χ0n) is 22.9. The van der Waals surface area contributed by atoms with Crippen molar-refractivity contribution in [3.05, 3.63) is 71.3 Å². The van der Waals surface area contributed by atoms with Crippen molar-refractivity contribution in [3.8, 4) is 0 Å². The standard InChI is InChI=1S/C29H41N3O5/c1-28(2,3)36-26(34)31-21-23-16-14-22(15-17-23)11-10-19-32(27(35)37-29(4,5)6)20-18-30-25(33)24-12-8-7-9-13-24/h7-9,12-17H,10-11,18-21H2,1-6H3,(H,30,33)(H,31,34). The third-order valence-electron chi connectivity index (χ3n) is 5.11. The number of aryl methyl sites for hydroxylation is 1. The van der Waals surface area contributed by atoms with Gasteiger partial charge in [-0.25, -0.2) is 9.59 Å². The summed E-state index contributed by atoms with van der Waals surface area (Å²) < 4.78 is 10.8. The lowest BCUT2D eigenvalue weighted by molar-refractivity contribution is 0.0248. The summed E-state index contributed by atoms with van der Waals surface area (Å²) in [5.41, 5.74) is 1.54. The Hall–Kier alpha value is -3.55. The Morgan fingerprint density at radius 3 is 1.95 bits per heavy atom. The van der Waals surface area contributed by atoms with E-state index in [0.717, 1.165) is 24.0 Å². The van der Waals surface area contributed by atoms with E-state index in [1.807, 2.05) is 84.0 Å². The van der Waals surface area contributed by atoms with Gasteiger partial charge in [-0.05, 0) is 77.6 Å². The summed E-state index contributed by atoms with van der Waals surface area (Å²) >= 11 is 0. The van der Waals surface area contributed by atoms with Crippen LogP contribution in [-0.4, -0.2) is 53.8 Å². The van der Waals surface area contributed by atoms with Crippen LogP contribution in [0.25, 0.3) is 0 Å². The Balaban J connectivity index is 1.85. The van der Waals surface area contributed by atoms with Crippen LogP contribution in [0.1, 0.15) is 69.4 Å². The van der Waals surface area contributed by atoms with E-state index < -0.39 is 23.4 Å². The molecule has 0 aromatic heterocycles. The molecule has 0 bridgehead atoms. The largest absolute Gasteiger partial charge is 0.444 e. The summed E-state index contributed by atoms with van der Waals surface area (Å²) in [4.78, 5) is 38.5. The van der Waals surface area contributed by atoms with Crippen molar-refractivity contribution in [1.82, 2.24) is 15.5 Å². The second kappa shape index (κ2) is 13.7. The van der Waals surface area contributed by atoms with Crippen LogP contribution in [-0.2, 0) is 22.4 Å². The van der Waals surface area contributed by atoms with Crippen LogP contribution in [0.4, 0.5) is 9.59 Å². The van der Waals surface area contributed by atoms with Gasteiger partial charge in [0.15, 0.2) is 0 Å². The second-order valence-electron chi connectivity index (χ2n) is 10.9. The van der Waals surface area contributed by atoms with Gasteiger partial charge in [0, 0.05) is 31.7 Å². The third kappa shape index (κ3) is 12.3. The van der Waals surface area contributed by atoms with Crippen molar-refractivity contribution < 1.29 is 23.9 Å². The normalized spacial score (nSPS) is 11.4. The van der Waals surface area contributed by atoms with Gasteiger partial charge in [0.1, 0.15) is 11.2 Å². The molecule has 0 aliphatic heterocycles. The molecule has 0 atom stereocenters. The lowest BCUT2D eigenvalue weighted by Crippen LogP contribution is -2.42. The molecule has 3 amide bonds. The van der Waals surface area contributed by atoms with Gasteiger partial charge in [-0.2, -0.15) is 0 Å². The van der Waals surface area contributed by atoms with Crippen molar-refractivity contribution >= 4 is 18.1 Å². The van der Waals surface area contributed by atoms with Crippen molar-refractivity contribution in [1.29, 1.82) is 0 Å². The zero-order chi connectivity index (χ0) is 27.5. The molecule has 2 N–H and O–H groups in total. The topological polar surface area (TPSA) is 97.0 Å². The minimum atomic E-state index is -0.605. The van der Waals surface area contributed by atoms with Gasteiger partial charge in [0.05, 0.1) is 0 Å². The fraction of sp³-hybridized carbons (Fsp3) is 0.483. The molecule has 8 heteroatoms.